The van der Waals surface area contributed by atoms with Crippen molar-refractivity contribution in [1.29, 1.82) is 0 Å². The van der Waals surface area contributed by atoms with Crippen molar-refractivity contribution >= 4 is 5.91 Å². The summed E-state index contributed by atoms with van der Waals surface area (Å²) in [6.07, 6.45) is 7.91. The van der Waals surface area contributed by atoms with Crippen LogP contribution >= 0.6 is 0 Å². The van der Waals surface area contributed by atoms with Crippen molar-refractivity contribution in [2.24, 2.45) is 5.41 Å². The lowest BCUT2D eigenvalue weighted by Crippen LogP contribution is -2.53. The van der Waals surface area contributed by atoms with Gasteiger partial charge in [-0.15, -0.1) is 0 Å². The molecule has 5 heteroatoms. The summed E-state index contributed by atoms with van der Waals surface area (Å²) in [5, 5.41) is 7.64. The fourth-order valence-electron chi connectivity index (χ4n) is 4.60. The Morgan fingerprint density at radius 3 is 2.58 bits per heavy atom. The minimum atomic E-state index is 0.0964. The van der Waals surface area contributed by atoms with Gasteiger partial charge in [-0.25, -0.2) is 0 Å². The van der Waals surface area contributed by atoms with Crippen LogP contribution in [0.2, 0.25) is 0 Å². The summed E-state index contributed by atoms with van der Waals surface area (Å²) in [4.78, 5) is 17.4. The lowest BCUT2D eigenvalue weighted by molar-refractivity contribution is 0.0113. The summed E-state index contributed by atoms with van der Waals surface area (Å²) in [6, 6.07) is 12.5. The molecule has 1 aromatic heterocycles. The summed E-state index contributed by atoms with van der Waals surface area (Å²) in [5.41, 5.74) is 2.26. The Labute approximate surface area is 155 Å². The van der Waals surface area contributed by atoms with Crippen LogP contribution < -0.4 is 0 Å². The number of rotatable bonds is 3. The molecule has 1 amide bonds. The maximum Gasteiger partial charge on any atom is 0.255 e. The number of carbonyl (C=O) groups excluding carboxylic acids is 1. The Morgan fingerprint density at radius 1 is 1.00 bits per heavy atom. The molecule has 5 nitrogen and oxygen atoms in total. The second kappa shape index (κ2) is 7.54. The van der Waals surface area contributed by atoms with Gasteiger partial charge >= 0.3 is 0 Å². The molecule has 2 saturated heterocycles. The van der Waals surface area contributed by atoms with E-state index < -0.39 is 0 Å². The molecule has 26 heavy (non-hydrogen) atoms. The number of carbonyl (C=O) groups is 1. The summed E-state index contributed by atoms with van der Waals surface area (Å²) in [7, 11) is 0. The van der Waals surface area contributed by atoms with Crippen LogP contribution in [0, 0.1) is 5.41 Å². The van der Waals surface area contributed by atoms with Gasteiger partial charge in [0.05, 0.1) is 18.0 Å². The molecule has 3 heterocycles. The van der Waals surface area contributed by atoms with Gasteiger partial charge in [0.15, 0.2) is 0 Å². The fraction of sp³-hybridized carbons (Fsp3) is 0.476. The highest BCUT2D eigenvalue weighted by molar-refractivity contribution is 5.93. The van der Waals surface area contributed by atoms with Crippen LogP contribution in [0.3, 0.4) is 0 Å². The maximum absolute atomic E-state index is 12.8. The monoisotopic (exact) mass is 350 g/mol. The smallest absolute Gasteiger partial charge is 0.255 e. The molecule has 2 fully saturated rings. The van der Waals surface area contributed by atoms with Crippen LogP contribution in [0.4, 0.5) is 0 Å². The lowest BCUT2D eigenvalue weighted by atomic mass is 9.73. The van der Waals surface area contributed by atoms with Crippen molar-refractivity contribution in [3.63, 3.8) is 0 Å². The molecule has 2 aliphatic heterocycles. The van der Waals surface area contributed by atoms with Crippen molar-refractivity contribution in [2.45, 2.75) is 32.2 Å². The molecule has 2 aromatic rings. The van der Waals surface area contributed by atoms with Gasteiger partial charge in [-0.3, -0.25) is 9.69 Å². The minimum Gasteiger partial charge on any atom is -0.338 e. The molecule has 1 atom stereocenters. The van der Waals surface area contributed by atoms with Gasteiger partial charge < -0.3 is 4.90 Å². The van der Waals surface area contributed by atoms with Gasteiger partial charge in [-0.1, -0.05) is 30.3 Å². The highest BCUT2D eigenvalue weighted by atomic mass is 16.2. The van der Waals surface area contributed by atoms with E-state index >= 15 is 0 Å². The van der Waals surface area contributed by atoms with Gasteiger partial charge in [-0.2, -0.15) is 10.2 Å². The second-order valence-corrected chi connectivity index (χ2v) is 7.76. The number of amides is 1. The molecule has 1 spiro atoms. The Balaban J connectivity index is 1.44. The number of benzene rings is 1. The summed E-state index contributed by atoms with van der Waals surface area (Å²) in [6.45, 7) is 4.95. The third kappa shape index (κ3) is 3.78. The summed E-state index contributed by atoms with van der Waals surface area (Å²) < 4.78 is 0. The molecule has 0 N–H and O–H groups in total. The first-order valence-corrected chi connectivity index (χ1v) is 9.56. The van der Waals surface area contributed by atoms with Gasteiger partial charge in [0.25, 0.3) is 5.91 Å². The van der Waals surface area contributed by atoms with Crippen LogP contribution in [0.15, 0.2) is 48.8 Å². The van der Waals surface area contributed by atoms with Gasteiger partial charge in [-0.05, 0) is 43.9 Å². The van der Waals surface area contributed by atoms with E-state index in [0.717, 1.165) is 39.1 Å². The third-order valence-electron chi connectivity index (χ3n) is 5.77. The van der Waals surface area contributed by atoms with E-state index in [1.54, 1.807) is 18.5 Å². The molecule has 1 aromatic carbocycles. The second-order valence-electron chi connectivity index (χ2n) is 7.76. The molecule has 136 valence electrons. The van der Waals surface area contributed by atoms with E-state index in [4.69, 9.17) is 0 Å². The van der Waals surface area contributed by atoms with Gasteiger partial charge in [0, 0.05) is 31.6 Å². The van der Waals surface area contributed by atoms with Crippen LogP contribution in [0.5, 0.6) is 0 Å². The van der Waals surface area contributed by atoms with E-state index in [1.807, 2.05) is 4.90 Å². The Bertz CT molecular complexity index is 732. The van der Waals surface area contributed by atoms with Crippen LogP contribution in [-0.2, 0) is 6.54 Å². The zero-order valence-corrected chi connectivity index (χ0v) is 15.2. The predicted octanol–water partition coefficient (Wildman–Crippen LogP) is 3.00. The van der Waals surface area contributed by atoms with Crippen molar-refractivity contribution in [1.82, 2.24) is 20.0 Å². The SMILES string of the molecule is O=C(c1ccnnc1)N1CCC[C@]2(CCCN(Cc3ccccc3)C2)C1. The topological polar surface area (TPSA) is 49.3 Å². The van der Waals surface area contributed by atoms with Crippen molar-refractivity contribution in [3.8, 4) is 0 Å². The standard InChI is InChI=1S/C21H26N4O/c26-20(19-8-11-22-23-14-19)25-13-5-10-21(17-25)9-4-12-24(16-21)15-18-6-2-1-3-7-18/h1-3,6-8,11,14H,4-5,9-10,12-13,15-17H2/t21-/m0/s1. The Kier molecular flexibility index (Phi) is 4.98. The number of aromatic nitrogens is 2. The molecule has 0 saturated carbocycles. The first kappa shape index (κ1) is 17.2. The molecular formula is C21H26N4O. The average molecular weight is 350 g/mol. The Morgan fingerprint density at radius 2 is 1.81 bits per heavy atom. The fourth-order valence-corrected chi connectivity index (χ4v) is 4.60. The number of nitrogens with zero attached hydrogens (tertiary/aromatic N) is 4. The third-order valence-corrected chi connectivity index (χ3v) is 5.77. The van der Waals surface area contributed by atoms with E-state index in [9.17, 15) is 4.79 Å². The number of hydrogen-bond acceptors (Lipinski definition) is 4. The Hall–Kier alpha value is -2.27. The van der Waals surface area contributed by atoms with Crippen LogP contribution in [0.25, 0.3) is 0 Å². The van der Waals surface area contributed by atoms with E-state index in [2.05, 4.69) is 45.4 Å². The van der Waals surface area contributed by atoms with Crippen molar-refractivity contribution in [3.05, 3.63) is 59.9 Å². The van der Waals surface area contributed by atoms with Crippen molar-refractivity contribution in [2.75, 3.05) is 26.2 Å². The minimum absolute atomic E-state index is 0.0964. The average Bonchev–Trinajstić information content (AvgIpc) is 2.69. The van der Waals surface area contributed by atoms with Crippen LogP contribution in [-0.4, -0.2) is 52.1 Å². The van der Waals surface area contributed by atoms with Gasteiger partial charge in [0.2, 0.25) is 0 Å². The molecule has 4 rings (SSSR count). The molecule has 2 aliphatic rings. The highest BCUT2D eigenvalue weighted by Crippen LogP contribution is 2.39. The normalized spacial score (nSPS) is 23.9. The molecule has 0 bridgehead atoms. The zero-order valence-electron chi connectivity index (χ0n) is 15.2. The molecular weight excluding hydrogens is 324 g/mol. The summed E-state index contributed by atoms with van der Waals surface area (Å²) >= 11 is 0. The molecule has 0 radical (unpaired) electrons. The number of likely N-dealkylation sites (tertiary alicyclic amines) is 2. The maximum atomic E-state index is 12.8. The lowest BCUT2D eigenvalue weighted by Gasteiger charge is -2.48. The first-order chi connectivity index (χ1) is 12.7. The first-order valence-electron chi connectivity index (χ1n) is 9.56. The van der Waals surface area contributed by atoms with E-state index in [0.29, 0.717) is 5.56 Å². The molecule has 0 aliphatic carbocycles. The van der Waals surface area contributed by atoms with Crippen molar-refractivity contribution < 1.29 is 4.79 Å². The molecule has 0 unspecified atom stereocenters. The summed E-state index contributed by atoms with van der Waals surface area (Å²) in [5.74, 6) is 0.0964. The number of hydrogen-bond donors (Lipinski definition) is 0. The largest absolute Gasteiger partial charge is 0.338 e. The predicted molar refractivity (Wildman–Crippen MR) is 101 cm³/mol. The van der Waals surface area contributed by atoms with Gasteiger partial charge in [0.1, 0.15) is 0 Å². The zero-order chi connectivity index (χ0) is 17.8. The van der Waals surface area contributed by atoms with Crippen LogP contribution in [0.1, 0.15) is 41.6 Å². The van der Waals surface area contributed by atoms with E-state index in [-0.39, 0.29) is 11.3 Å². The quantitative estimate of drug-likeness (QED) is 0.854. The highest BCUT2D eigenvalue weighted by Gasteiger charge is 2.40. The number of piperidine rings is 2. The van der Waals surface area contributed by atoms with E-state index in [1.165, 1.54) is 24.8 Å².